The minimum atomic E-state index is -4.42. The van der Waals surface area contributed by atoms with Gasteiger partial charge in [-0.2, -0.15) is 0 Å². The summed E-state index contributed by atoms with van der Waals surface area (Å²) in [5.41, 5.74) is -0.737. The molecule has 28 heavy (non-hydrogen) atoms. The second-order valence-electron chi connectivity index (χ2n) is 9.10. The summed E-state index contributed by atoms with van der Waals surface area (Å²) in [6.07, 6.45) is -0.482. The molecule has 0 saturated heterocycles. The normalized spacial score (nSPS) is 15.2. The molecule has 0 aromatic rings. The third-order valence-electron chi connectivity index (χ3n) is 3.45. The molecule has 0 fully saturated rings. The first kappa shape index (κ1) is 28.0. The van der Waals surface area contributed by atoms with Crippen LogP contribution in [0.2, 0.25) is 0 Å². The van der Waals surface area contributed by atoms with Crippen LogP contribution in [0, 0.1) is 23.2 Å². The zero-order chi connectivity index (χ0) is 21.8. The lowest BCUT2D eigenvalue weighted by Crippen LogP contribution is -2.42. The molecule has 170 valence electrons. The molecule has 1 atom stereocenters. The van der Waals surface area contributed by atoms with Gasteiger partial charge in [-0.05, 0) is 31.6 Å². The lowest BCUT2D eigenvalue weighted by Gasteiger charge is -2.36. The van der Waals surface area contributed by atoms with Gasteiger partial charge in [0.2, 0.25) is 0 Å². The van der Waals surface area contributed by atoms with E-state index in [1.54, 1.807) is 13.8 Å². The lowest BCUT2D eigenvalue weighted by atomic mass is 9.92. The average molecular weight is 426 g/mol. The van der Waals surface area contributed by atoms with Crippen LogP contribution in [0.4, 0.5) is 0 Å². The minimum Gasteiger partial charge on any atom is -0.756 e. The number of hydrogen-bond donors (Lipinski definition) is 0. The first-order valence-corrected chi connectivity index (χ1v) is 11.7. The maximum Gasteiger partial charge on any atom is 0.268 e. The Morgan fingerprint density at radius 2 is 1.07 bits per heavy atom. The number of ether oxygens (including phenoxy) is 3. The maximum atomic E-state index is 12.1. The molecule has 1 unspecified atom stereocenters. The SMILES string of the molecule is CC(C)COCC(COCC(C)C)(COCC(C)C)COP(=O)([O-])OC(C)C. The van der Waals surface area contributed by atoms with E-state index >= 15 is 0 Å². The molecule has 0 aromatic heterocycles. The standard InChI is InChI=1S/C20H43O7P/c1-16(2)9-23-12-20(13-24-10-17(3)4,14-25-11-18(5)6)15-26-28(21,22)27-19(7)8/h16-19H,9-15H2,1-8H3,(H,21,22)/p-1. The summed E-state index contributed by atoms with van der Waals surface area (Å²) < 4.78 is 39.8. The van der Waals surface area contributed by atoms with Gasteiger partial charge in [-0.15, -0.1) is 0 Å². The van der Waals surface area contributed by atoms with Crippen LogP contribution in [0.3, 0.4) is 0 Å². The molecule has 0 aliphatic rings. The van der Waals surface area contributed by atoms with Gasteiger partial charge in [0.25, 0.3) is 7.82 Å². The second kappa shape index (κ2) is 14.1. The van der Waals surface area contributed by atoms with E-state index in [2.05, 4.69) is 41.5 Å². The lowest BCUT2D eigenvalue weighted by molar-refractivity contribution is -0.233. The van der Waals surface area contributed by atoms with Gasteiger partial charge in [-0.1, -0.05) is 41.5 Å². The van der Waals surface area contributed by atoms with Crippen molar-refractivity contribution in [1.82, 2.24) is 0 Å². The van der Waals surface area contributed by atoms with Gasteiger partial charge in [0.1, 0.15) is 0 Å². The van der Waals surface area contributed by atoms with Crippen molar-refractivity contribution < 1.29 is 32.7 Å². The van der Waals surface area contributed by atoms with Crippen LogP contribution in [-0.2, 0) is 27.8 Å². The summed E-state index contributed by atoms with van der Waals surface area (Å²) in [6.45, 7) is 18.1. The number of phosphoric acid groups is 1. The highest BCUT2D eigenvalue weighted by Gasteiger charge is 2.34. The Kier molecular flexibility index (Phi) is 14.1. The van der Waals surface area contributed by atoms with E-state index in [9.17, 15) is 9.46 Å². The molecule has 0 spiro atoms. The summed E-state index contributed by atoms with van der Waals surface area (Å²) in [6, 6.07) is 0. The van der Waals surface area contributed by atoms with Crippen molar-refractivity contribution in [2.45, 2.75) is 61.5 Å². The number of rotatable bonds is 17. The third-order valence-corrected chi connectivity index (χ3v) is 4.57. The monoisotopic (exact) mass is 425 g/mol. The Balaban J connectivity index is 5.23. The van der Waals surface area contributed by atoms with Crippen LogP contribution in [0.5, 0.6) is 0 Å². The molecule has 0 bridgehead atoms. The molecule has 7 nitrogen and oxygen atoms in total. The van der Waals surface area contributed by atoms with Gasteiger partial charge < -0.3 is 28.2 Å². The van der Waals surface area contributed by atoms with Crippen molar-refractivity contribution in [3.63, 3.8) is 0 Å². The Morgan fingerprint density at radius 1 is 0.714 bits per heavy atom. The molecule has 0 radical (unpaired) electrons. The highest BCUT2D eigenvalue weighted by molar-refractivity contribution is 7.45. The molecular formula is C20H42O7P-. The molecule has 0 amide bonds. The summed E-state index contributed by atoms with van der Waals surface area (Å²) in [5.74, 6) is 1.09. The van der Waals surface area contributed by atoms with Crippen molar-refractivity contribution in [2.75, 3.05) is 46.2 Å². The minimum absolute atomic E-state index is 0.116. The average Bonchev–Trinajstić information content (AvgIpc) is 2.50. The van der Waals surface area contributed by atoms with Crippen molar-refractivity contribution in [1.29, 1.82) is 0 Å². The van der Waals surface area contributed by atoms with Gasteiger partial charge in [-0.3, -0.25) is 4.57 Å². The van der Waals surface area contributed by atoms with Gasteiger partial charge in [0.15, 0.2) is 0 Å². The van der Waals surface area contributed by atoms with E-state index in [-0.39, 0.29) is 26.4 Å². The van der Waals surface area contributed by atoms with E-state index in [4.69, 9.17) is 23.3 Å². The molecular weight excluding hydrogens is 383 g/mol. The van der Waals surface area contributed by atoms with Gasteiger partial charge >= 0.3 is 0 Å². The Hall–Kier alpha value is -0.0100. The van der Waals surface area contributed by atoms with Crippen LogP contribution < -0.4 is 4.89 Å². The summed E-state index contributed by atoms with van der Waals surface area (Å²) in [7, 11) is -4.42. The topological polar surface area (TPSA) is 86.3 Å². The predicted octanol–water partition coefficient (Wildman–Crippen LogP) is 3.90. The van der Waals surface area contributed by atoms with E-state index < -0.39 is 19.3 Å². The fraction of sp³-hybridized carbons (Fsp3) is 1.00. The van der Waals surface area contributed by atoms with E-state index in [1.807, 2.05) is 0 Å². The van der Waals surface area contributed by atoms with Crippen LogP contribution in [0.15, 0.2) is 0 Å². The van der Waals surface area contributed by atoms with E-state index in [0.29, 0.717) is 37.6 Å². The maximum absolute atomic E-state index is 12.1. The zero-order valence-corrected chi connectivity index (χ0v) is 20.0. The van der Waals surface area contributed by atoms with Crippen molar-refractivity contribution in [3.8, 4) is 0 Å². The van der Waals surface area contributed by atoms with E-state index in [0.717, 1.165) is 0 Å². The highest BCUT2D eigenvalue weighted by Crippen LogP contribution is 2.41. The smallest absolute Gasteiger partial charge is 0.268 e. The highest BCUT2D eigenvalue weighted by atomic mass is 31.2. The van der Waals surface area contributed by atoms with Crippen molar-refractivity contribution >= 4 is 7.82 Å². The zero-order valence-electron chi connectivity index (χ0n) is 19.1. The fourth-order valence-electron chi connectivity index (χ4n) is 2.29. The molecule has 0 rings (SSSR count). The van der Waals surface area contributed by atoms with Gasteiger partial charge in [-0.25, -0.2) is 0 Å². The molecule has 0 N–H and O–H groups in total. The Morgan fingerprint density at radius 3 is 1.36 bits per heavy atom. The van der Waals surface area contributed by atoms with Crippen LogP contribution in [-0.4, -0.2) is 52.4 Å². The van der Waals surface area contributed by atoms with Gasteiger partial charge in [0, 0.05) is 19.8 Å². The molecule has 8 heteroatoms. The van der Waals surface area contributed by atoms with Crippen LogP contribution in [0.1, 0.15) is 55.4 Å². The summed E-state index contributed by atoms with van der Waals surface area (Å²) in [4.78, 5) is 12.1. The molecule has 0 aliphatic carbocycles. The molecule has 0 aromatic carbocycles. The summed E-state index contributed by atoms with van der Waals surface area (Å²) >= 11 is 0. The number of phosphoric ester groups is 1. The Bertz CT molecular complexity index is 402. The van der Waals surface area contributed by atoms with Crippen molar-refractivity contribution in [2.24, 2.45) is 23.2 Å². The largest absolute Gasteiger partial charge is 0.756 e. The first-order valence-electron chi connectivity index (χ1n) is 10.2. The molecule has 0 heterocycles. The second-order valence-corrected chi connectivity index (χ2v) is 10.5. The quantitative estimate of drug-likeness (QED) is 0.327. The van der Waals surface area contributed by atoms with E-state index in [1.165, 1.54) is 0 Å². The van der Waals surface area contributed by atoms with Crippen LogP contribution in [0.25, 0.3) is 0 Å². The Labute approximate surface area is 172 Å². The van der Waals surface area contributed by atoms with Gasteiger partial charge in [0.05, 0.1) is 37.9 Å². The third kappa shape index (κ3) is 14.9. The number of hydrogen-bond acceptors (Lipinski definition) is 7. The fourth-order valence-corrected chi connectivity index (χ4v) is 3.30. The summed E-state index contributed by atoms with van der Waals surface area (Å²) in [5, 5.41) is 0. The molecule has 0 aliphatic heterocycles. The van der Waals surface area contributed by atoms with Crippen LogP contribution >= 0.6 is 7.82 Å². The molecule has 0 saturated carbocycles. The van der Waals surface area contributed by atoms with Crippen molar-refractivity contribution in [3.05, 3.63) is 0 Å². The predicted molar refractivity (Wildman–Crippen MR) is 109 cm³/mol. The first-order chi connectivity index (χ1) is 12.9.